The fourth-order valence-corrected chi connectivity index (χ4v) is 2.52. The van der Waals surface area contributed by atoms with Crippen molar-refractivity contribution in [2.24, 2.45) is 0 Å². The van der Waals surface area contributed by atoms with Crippen molar-refractivity contribution in [2.75, 3.05) is 0 Å². The summed E-state index contributed by atoms with van der Waals surface area (Å²) in [5.41, 5.74) is 0.962. The molecule has 4 heteroatoms. The van der Waals surface area contributed by atoms with E-state index in [9.17, 15) is 0 Å². The molecule has 0 atom stereocenters. The van der Waals surface area contributed by atoms with Gasteiger partial charge in [0.25, 0.3) is 0 Å². The van der Waals surface area contributed by atoms with Crippen LogP contribution in [-0.4, -0.2) is 9.97 Å². The Morgan fingerprint density at radius 3 is 2.83 bits per heavy atom. The summed E-state index contributed by atoms with van der Waals surface area (Å²) in [4.78, 5) is 9.50. The maximum Gasteiger partial charge on any atom is 0.128 e. The quantitative estimate of drug-likeness (QED) is 0.651. The number of aryl methyl sites for hydroxylation is 2. The number of aromatic nitrogens is 2. The minimum absolute atomic E-state index is 0.757. The highest BCUT2D eigenvalue weighted by molar-refractivity contribution is 7.17. The van der Waals surface area contributed by atoms with E-state index in [1.54, 1.807) is 11.3 Å². The van der Waals surface area contributed by atoms with Crippen LogP contribution in [0, 0.1) is 13.8 Å². The van der Waals surface area contributed by atoms with E-state index in [0.717, 1.165) is 26.8 Å². The first-order valence-corrected chi connectivity index (χ1v) is 4.82. The SMILES string of the molecule is Cc1nc(C)c2c(Cl)csc2n1. The molecule has 2 aromatic heterocycles. The van der Waals surface area contributed by atoms with Crippen LogP contribution in [-0.2, 0) is 0 Å². The van der Waals surface area contributed by atoms with Gasteiger partial charge in [0.15, 0.2) is 0 Å². The molecule has 0 aliphatic carbocycles. The van der Waals surface area contributed by atoms with Crippen molar-refractivity contribution in [3.8, 4) is 0 Å². The summed E-state index contributed by atoms with van der Waals surface area (Å²) in [7, 11) is 0. The highest BCUT2D eigenvalue weighted by atomic mass is 35.5. The molecular formula is C8H7ClN2S. The summed E-state index contributed by atoms with van der Waals surface area (Å²) in [6.07, 6.45) is 0. The lowest BCUT2D eigenvalue weighted by atomic mass is 10.3. The van der Waals surface area contributed by atoms with E-state index in [-0.39, 0.29) is 0 Å². The van der Waals surface area contributed by atoms with Crippen LogP contribution in [0.5, 0.6) is 0 Å². The van der Waals surface area contributed by atoms with Crippen molar-refractivity contribution in [3.05, 3.63) is 21.9 Å². The second-order valence-electron chi connectivity index (χ2n) is 2.62. The lowest BCUT2D eigenvalue weighted by Crippen LogP contribution is -1.89. The van der Waals surface area contributed by atoms with Crippen LogP contribution in [0.2, 0.25) is 5.02 Å². The first-order chi connectivity index (χ1) is 5.68. The van der Waals surface area contributed by atoms with Crippen LogP contribution in [0.3, 0.4) is 0 Å². The van der Waals surface area contributed by atoms with Gasteiger partial charge in [0.05, 0.1) is 16.1 Å². The molecule has 0 aliphatic rings. The van der Waals surface area contributed by atoms with Crippen LogP contribution in [0.1, 0.15) is 11.5 Å². The standard InChI is InChI=1S/C8H7ClN2S/c1-4-7-6(9)3-12-8(7)11-5(2)10-4/h3H,1-2H3. The van der Waals surface area contributed by atoms with E-state index >= 15 is 0 Å². The van der Waals surface area contributed by atoms with Gasteiger partial charge in [0, 0.05) is 5.38 Å². The number of halogens is 1. The van der Waals surface area contributed by atoms with E-state index in [0.29, 0.717) is 0 Å². The normalized spacial score (nSPS) is 10.9. The molecule has 0 unspecified atom stereocenters. The highest BCUT2D eigenvalue weighted by Gasteiger charge is 2.07. The fourth-order valence-electron chi connectivity index (χ4n) is 1.21. The monoisotopic (exact) mass is 198 g/mol. The predicted molar refractivity (Wildman–Crippen MR) is 51.9 cm³/mol. The van der Waals surface area contributed by atoms with Crippen LogP contribution >= 0.6 is 22.9 Å². The van der Waals surface area contributed by atoms with Crippen LogP contribution < -0.4 is 0 Å². The van der Waals surface area contributed by atoms with Gasteiger partial charge >= 0.3 is 0 Å². The number of fused-ring (bicyclic) bond motifs is 1. The number of nitrogens with zero attached hydrogens (tertiary/aromatic N) is 2. The summed E-state index contributed by atoms with van der Waals surface area (Å²) in [6, 6.07) is 0. The molecule has 0 amide bonds. The Morgan fingerprint density at radius 2 is 2.08 bits per heavy atom. The largest absolute Gasteiger partial charge is 0.238 e. The van der Waals surface area contributed by atoms with E-state index in [4.69, 9.17) is 11.6 Å². The van der Waals surface area contributed by atoms with Gasteiger partial charge in [-0.15, -0.1) is 11.3 Å². The minimum Gasteiger partial charge on any atom is -0.238 e. The average Bonchev–Trinajstić information content (AvgIpc) is 2.31. The minimum atomic E-state index is 0.757. The average molecular weight is 199 g/mol. The maximum atomic E-state index is 5.96. The molecule has 2 rings (SSSR count). The van der Waals surface area contributed by atoms with Gasteiger partial charge in [0.2, 0.25) is 0 Å². The van der Waals surface area contributed by atoms with Gasteiger partial charge in [-0.25, -0.2) is 9.97 Å². The molecule has 0 fully saturated rings. The number of hydrogen-bond acceptors (Lipinski definition) is 3. The molecule has 2 aromatic rings. The number of rotatable bonds is 0. The molecule has 0 spiro atoms. The topological polar surface area (TPSA) is 25.8 Å². The van der Waals surface area contributed by atoms with Gasteiger partial charge in [0.1, 0.15) is 10.7 Å². The molecule has 0 radical (unpaired) electrons. The molecule has 62 valence electrons. The Hall–Kier alpha value is -0.670. The lowest BCUT2D eigenvalue weighted by molar-refractivity contribution is 1.06. The second kappa shape index (κ2) is 2.68. The Balaban J connectivity index is 2.93. The van der Waals surface area contributed by atoms with Crippen molar-refractivity contribution in [3.63, 3.8) is 0 Å². The zero-order valence-corrected chi connectivity index (χ0v) is 8.33. The van der Waals surface area contributed by atoms with Crippen molar-refractivity contribution >= 4 is 33.2 Å². The van der Waals surface area contributed by atoms with Crippen molar-refractivity contribution in [1.29, 1.82) is 0 Å². The molecule has 0 N–H and O–H groups in total. The van der Waals surface area contributed by atoms with Gasteiger partial charge in [-0.3, -0.25) is 0 Å². The maximum absolute atomic E-state index is 5.96. The fraction of sp³-hybridized carbons (Fsp3) is 0.250. The van der Waals surface area contributed by atoms with Crippen LogP contribution in [0.25, 0.3) is 10.2 Å². The van der Waals surface area contributed by atoms with Crippen molar-refractivity contribution < 1.29 is 0 Å². The third-order valence-corrected chi connectivity index (χ3v) is 2.98. The molecule has 0 aromatic carbocycles. The molecular weight excluding hydrogens is 192 g/mol. The Bertz CT molecular complexity index is 436. The molecule has 2 heterocycles. The highest BCUT2D eigenvalue weighted by Crippen LogP contribution is 2.29. The van der Waals surface area contributed by atoms with Gasteiger partial charge < -0.3 is 0 Å². The molecule has 0 bridgehead atoms. The molecule has 0 saturated heterocycles. The third kappa shape index (κ3) is 1.09. The van der Waals surface area contributed by atoms with E-state index in [1.165, 1.54) is 0 Å². The Labute approximate surface area is 79.2 Å². The second-order valence-corrected chi connectivity index (χ2v) is 3.89. The van der Waals surface area contributed by atoms with Gasteiger partial charge in [-0.1, -0.05) is 11.6 Å². The summed E-state index contributed by atoms with van der Waals surface area (Å²) >= 11 is 7.52. The van der Waals surface area contributed by atoms with Crippen molar-refractivity contribution in [1.82, 2.24) is 9.97 Å². The smallest absolute Gasteiger partial charge is 0.128 e. The van der Waals surface area contributed by atoms with Crippen LogP contribution in [0.4, 0.5) is 0 Å². The summed E-state index contributed by atoms with van der Waals surface area (Å²) in [5, 5.41) is 3.65. The summed E-state index contributed by atoms with van der Waals surface area (Å²) < 4.78 is 0. The van der Waals surface area contributed by atoms with Crippen LogP contribution in [0.15, 0.2) is 5.38 Å². The number of thiophene rings is 1. The third-order valence-electron chi connectivity index (χ3n) is 1.68. The van der Waals surface area contributed by atoms with Gasteiger partial charge in [-0.2, -0.15) is 0 Å². The lowest BCUT2D eigenvalue weighted by Gasteiger charge is -1.96. The molecule has 0 aliphatic heterocycles. The number of hydrogen-bond donors (Lipinski definition) is 0. The van der Waals surface area contributed by atoms with E-state index in [2.05, 4.69) is 9.97 Å². The Morgan fingerprint density at radius 1 is 1.33 bits per heavy atom. The predicted octanol–water partition coefficient (Wildman–Crippen LogP) is 2.96. The molecule has 12 heavy (non-hydrogen) atoms. The van der Waals surface area contributed by atoms with Gasteiger partial charge in [-0.05, 0) is 13.8 Å². The summed E-state index contributed by atoms with van der Waals surface area (Å²) in [6.45, 7) is 3.84. The molecule has 2 nitrogen and oxygen atoms in total. The molecule has 0 saturated carbocycles. The van der Waals surface area contributed by atoms with Crippen molar-refractivity contribution in [2.45, 2.75) is 13.8 Å². The Kier molecular flexibility index (Phi) is 1.77. The zero-order valence-electron chi connectivity index (χ0n) is 6.76. The summed E-state index contributed by atoms with van der Waals surface area (Å²) in [5.74, 6) is 0.804. The first kappa shape index (κ1) is 7.95. The first-order valence-electron chi connectivity index (χ1n) is 3.56. The van der Waals surface area contributed by atoms with E-state index < -0.39 is 0 Å². The zero-order chi connectivity index (χ0) is 8.72. The van der Waals surface area contributed by atoms with E-state index in [1.807, 2.05) is 19.2 Å².